The first-order chi connectivity index (χ1) is 13.0. The van der Waals surface area contributed by atoms with E-state index in [1.54, 1.807) is 4.90 Å². The predicted molar refractivity (Wildman–Crippen MR) is 106 cm³/mol. The molecule has 0 spiro atoms. The highest BCUT2D eigenvalue weighted by molar-refractivity contribution is 6.01. The van der Waals surface area contributed by atoms with Gasteiger partial charge < -0.3 is 20.1 Å². The van der Waals surface area contributed by atoms with E-state index < -0.39 is 23.8 Å². The molecular formula is C21H30N2O5. The number of carboxylic acids is 1. The number of amides is 2. The van der Waals surface area contributed by atoms with Gasteiger partial charge in [-0.1, -0.05) is 12.1 Å². The molecule has 28 heavy (non-hydrogen) atoms. The topological polar surface area (TPSA) is 95.9 Å². The van der Waals surface area contributed by atoms with Crippen molar-refractivity contribution in [3.05, 3.63) is 29.3 Å². The van der Waals surface area contributed by atoms with Gasteiger partial charge in [-0.2, -0.15) is 0 Å². The number of anilines is 1. The molecule has 2 unspecified atom stereocenters. The van der Waals surface area contributed by atoms with Crippen LogP contribution >= 0.6 is 0 Å². The quantitative estimate of drug-likeness (QED) is 0.745. The third kappa shape index (κ3) is 5.55. The van der Waals surface area contributed by atoms with Gasteiger partial charge >= 0.3 is 5.97 Å². The smallest absolute Gasteiger partial charge is 0.326 e. The van der Waals surface area contributed by atoms with Crippen molar-refractivity contribution in [3.8, 4) is 0 Å². The maximum Gasteiger partial charge on any atom is 0.326 e. The Morgan fingerprint density at radius 1 is 1.32 bits per heavy atom. The number of nitrogens with zero attached hydrogens (tertiary/aromatic N) is 1. The molecule has 2 N–H and O–H groups in total. The van der Waals surface area contributed by atoms with E-state index in [1.165, 1.54) is 0 Å². The Bertz CT molecular complexity index is 754. The molecule has 1 aliphatic rings. The lowest BCUT2D eigenvalue weighted by Crippen LogP contribution is -2.45. The molecule has 7 heteroatoms. The van der Waals surface area contributed by atoms with Crippen molar-refractivity contribution in [1.29, 1.82) is 0 Å². The average Bonchev–Trinajstić information content (AvgIpc) is 2.97. The standard InChI is InChI=1S/C21H30N2O5/c1-13-7-6-8-17(14(13)2)23-12-15(11-18(23)24)19(25)22-16(20(26)27)9-10-28-21(3,4)5/h6-8,15-16H,9-12H2,1-5H3,(H,22,25)(H,26,27). The highest BCUT2D eigenvalue weighted by atomic mass is 16.5. The largest absolute Gasteiger partial charge is 0.480 e. The third-order valence-corrected chi connectivity index (χ3v) is 4.92. The number of ether oxygens (including phenoxy) is 1. The molecule has 0 aliphatic carbocycles. The SMILES string of the molecule is Cc1cccc(N2CC(C(=O)NC(CCOC(C)(C)C)C(=O)O)CC2=O)c1C. The van der Waals surface area contributed by atoms with Crippen molar-refractivity contribution >= 4 is 23.5 Å². The van der Waals surface area contributed by atoms with E-state index in [9.17, 15) is 19.5 Å². The lowest BCUT2D eigenvalue weighted by atomic mass is 10.1. The molecule has 1 fully saturated rings. The number of hydrogen-bond donors (Lipinski definition) is 2. The summed E-state index contributed by atoms with van der Waals surface area (Å²) in [7, 11) is 0. The van der Waals surface area contributed by atoms with Crippen molar-refractivity contribution < 1.29 is 24.2 Å². The third-order valence-electron chi connectivity index (χ3n) is 4.92. The number of benzene rings is 1. The Kier molecular flexibility index (Phi) is 6.82. The van der Waals surface area contributed by atoms with E-state index in [-0.39, 0.29) is 37.5 Å². The summed E-state index contributed by atoms with van der Waals surface area (Å²) in [6, 6.07) is 4.68. The number of aryl methyl sites for hydroxylation is 1. The van der Waals surface area contributed by atoms with Gasteiger partial charge in [0.1, 0.15) is 6.04 Å². The summed E-state index contributed by atoms with van der Waals surface area (Å²) in [6.45, 7) is 10.0. The summed E-state index contributed by atoms with van der Waals surface area (Å²) in [6.07, 6.45) is 0.240. The zero-order valence-corrected chi connectivity index (χ0v) is 17.2. The maximum absolute atomic E-state index is 12.6. The Balaban J connectivity index is 2.01. The summed E-state index contributed by atoms with van der Waals surface area (Å²) in [4.78, 5) is 38.2. The molecule has 154 valence electrons. The van der Waals surface area contributed by atoms with Gasteiger partial charge in [0.25, 0.3) is 0 Å². The monoisotopic (exact) mass is 390 g/mol. The number of aliphatic carboxylic acids is 1. The summed E-state index contributed by atoms with van der Waals surface area (Å²) < 4.78 is 5.56. The van der Waals surface area contributed by atoms with E-state index in [2.05, 4.69) is 5.32 Å². The van der Waals surface area contributed by atoms with Crippen LogP contribution in [-0.4, -0.2) is 47.7 Å². The molecule has 0 saturated carbocycles. The number of carbonyl (C=O) groups excluding carboxylic acids is 2. The van der Waals surface area contributed by atoms with Gasteiger partial charge in [-0.25, -0.2) is 4.79 Å². The predicted octanol–water partition coefficient (Wildman–Crippen LogP) is 2.43. The van der Waals surface area contributed by atoms with Gasteiger partial charge in [-0.3, -0.25) is 9.59 Å². The van der Waals surface area contributed by atoms with Gasteiger partial charge in [-0.05, 0) is 51.8 Å². The van der Waals surface area contributed by atoms with E-state index >= 15 is 0 Å². The zero-order valence-electron chi connectivity index (χ0n) is 17.2. The van der Waals surface area contributed by atoms with Crippen LogP contribution < -0.4 is 10.2 Å². The summed E-state index contributed by atoms with van der Waals surface area (Å²) in [5.74, 6) is -2.22. The molecule has 1 aromatic rings. The number of carboxylic acid groups (broad SMARTS) is 1. The molecule has 1 heterocycles. The van der Waals surface area contributed by atoms with Crippen molar-refractivity contribution in [1.82, 2.24) is 5.32 Å². The first-order valence-corrected chi connectivity index (χ1v) is 9.53. The molecular weight excluding hydrogens is 360 g/mol. The highest BCUT2D eigenvalue weighted by Gasteiger charge is 2.37. The van der Waals surface area contributed by atoms with Crippen LogP contribution in [0.25, 0.3) is 0 Å². The van der Waals surface area contributed by atoms with Crippen LogP contribution in [0.1, 0.15) is 44.7 Å². The lowest BCUT2D eigenvalue weighted by molar-refractivity contribution is -0.143. The minimum Gasteiger partial charge on any atom is -0.480 e. The molecule has 2 rings (SSSR count). The van der Waals surface area contributed by atoms with Crippen LogP contribution in [-0.2, 0) is 19.1 Å². The number of nitrogens with one attached hydrogen (secondary N) is 1. The van der Waals surface area contributed by atoms with Crippen LogP contribution in [0.3, 0.4) is 0 Å². The summed E-state index contributed by atoms with van der Waals surface area (Å²) in [5.41, 5.74) is 2.49. The van der Waals surface area contributed by atoms with E-state index in [1.807, 2.05) is 52.8 Å². The molecule has 1 aliphatic heterocycles. The average molecular weight is 390 g/mol. The zero-order chi connectivity index (χ0) is 21.1. The molecule has 1 saturated heterocycles. The van der Waals surface area contributed by atoms with Crippen molar-refractivity contribution in [2.45, 2.75) is 59.1 Å². The Morgan fingerprint density at radius 2 is 2.00 bits per heavy atom. The highest BCUT2D eigenvalue weighted by Crippen LogP contribution is 2.29. The van der Waals surface area contributed by atoms with Crippen LogP contribution in [0, 0.1) is 19.8 Å². The van der Waals surface area contributed by atoms with Gasteiger partial charge in [-0.15, -0.1) is 0 Å². The Hall–Kier alpha value is -2.41. The van der Waals surface area contributed by atoms with Crippen LogP contribution in [0.5, 0.6) is 0 Å². The number of carbonyl (C=O) groups is 3. The van der Waals surface area contributed by atoms with Crippen LogP contribution in [0.2, 0.25) is 0 Å². The van der Waals surface area contributed by atoms with Crippen molar-refractivity contribution in [2.24, 2.45) is 5.92 Å². The minimum atomic E-state index is -1.11. The molecule has 7 nitrogen and oxygen atoms in total. The van der Waals surface area contributed by atoms with Gasteiger partial charge in [0.15, 0.2) is 0 Å². The molecule has 2 atom stereocenters. The molecule has 2 amide bonds. The van der Waals surface area contributed by atoms with E-state index in [0.717, 1.165) is 16.8 Å². The second-order valence-electron chi connectivity index (χ2n) is 8.27. The fourth-order valence-electron chi connectivity index (χ4n) is 3.17. The maximum atomic E-state index is 12.6. The van der Waals surface area contributed by atoms with Crippen molar-refractivity contribution in [2.75, 3.05) is 18.1 Å². The normalized spacial score (nSPS) is 18.2. The number of rotatable bonds is 7. The lowest BCUT2D eigenvalue weighted by Gasteiger charge is -2.22. The minimum absolute atomic E-state index is 0.0735. The van der Waals surface area contributed by atoms with Gasteiger partial charge in [0.2, 0.25) is 11.8 Å². The van der Waals surface area contributed by atoms with Crippen LogP contribution in [0.15, 0.2) is 18.2 Å². The second kappa shape index (κ2) is 8.73. The molecule has 0 radical (unpaired) electrons. The summed E-state index contributed by atoms with van der Waals surface area (Å²) >= 11 is 0. The fraction of sp³-hybridized carbons (Fsp3) is 0.571. The molecule has 1 aromatic carbocycles. The fourth-order valence-corrected chi connectivity index (χ4v) is 3.17. The summed E-state index contributed by atoms with van der Waals surface area (Å²) in [5, 5.41) is 12.0. The Labute approximate surface area is 166 Å². The molecule has 0 aromatic heterocycles. The van der Waals surface area contributed by atoms with E-state index in [0.29, 0.717) is 0 Å². The first-order valence-electron chi connectivity index (χ1n) is 9.53. The first kappa shape index (κ1) is 21.9. The van der Waals surface area contributed by atoms with Gasteiger partial charge in [0, 0.05) is 31.7 Å². The van der Waals surface area contributed by atoms with E-state index in [4.69, 9.17) is 4.74 Å². The van der Waals surface area contributed by atoms with Crippen molar-refractivity contribution in [3.63, 3.8) is 0 Å². The number of hydrogen-bond acceptors (Lipinski definition) is 4. The van der Waals surface area contributed by atoms with Crippen LogP contribution in [0.4, 0.5) is 5.69 Å². The molecule has 0 bridgehead atoms. The Morgan fingerprint density at radius 3 is 2.61 bits per heavy atom. The second-order valence-corrected chi connectivity index (χ2v) is 8.27. The van der Waals surface area contributed by atoms with Gasteiger partial charge in [0.05, 0.1) is 11.5 Å².